The van der Waals surface area contributed by atoms with E-state index in [4.69, 9.17) is 0 Å². The predicted octanol–water partition coefficient (Wildman–Crippen LogP) is 3.03. The molecule has 3 rings (SSSR count). The van der Waals surface area contributed by atoms with E-state index < -0.39 is 0 Å². The number of aldehydes is 1. The highest BCUT2D eigenvalue weighted by Gasteiger charge is 2.18. The number of carbonyl (C=O) groups is 2. The van der Waals surface area contributed by atoms with E-state index in [1.807, 2.05) is 30.3 Å². The van der Waals surface area contributed by atoms with Crippen LogP contribution in [0.4, 0.5) is 0 Å². The van der Waals surface area contributed by atoms with Gasteiger partial charge in [-0.2, -0.15) is 0 Å². The first-order valence-electron chi connectivity index (χ1n) is 5.97. The summed E-state index contributed by atoms with van der Waals surface area (Å²) in [6, 6.07) is 14.0. The van der Waals surface area contributed by atoms with Crippen molar-refractivity contribution in [3.05, 3.63) is 59.2 Å². The molecule has 0 N–H and O–H groups in total. The molecule has 0 spiro atoms. The van der Waals surface area contributed by atoms with E-state index in [0.717, 1.165) is 6.42 Å². The van der Waals surface area contributed by atoms with Crippen LogP contribution in [0.15, 0.2) is 42.5 Å². The van der Waals surface area contributed by atoms with Crippen molar-refractivity contribution in [2.24, 2.45) is 0 Å². The molecule has 2 heteroatoms. The van der Waals surface area contributed by atoms with Crippen molar-refractivity contribution in [2.75, 3.05) is 0 Å². The largest absolute Gasteiger partial charge is 0.303 e. The van der Waals surface area contributed by atoms with Gasteiger partial charge in [0.05, 0.1) is 6.42 Å². The maximum atomic E-state index is 11.7. The Balaban J connectivity index is 2.03. The van der Waals surface area contributed by atoms with E-state index in [0.29, 0.717) is 11.8 Å². The summed E-state index contributed by atoms with van der Waals surface area (Å²) in [5.74, 6) is -0.108. The lowest BCUT2D eigenvalue weighted by Gasteiger charge is -2.03. The third-order valence-electron chi connectivity index (χ3n) is 3.38. The van der Waals surface area contributed by atoms with Crippen molar-refractivity contribution in [1.82, 2.24) is 0 Å². The minimum Gasteiger partial charge on any atom is -0.303 e. The molecule has 0 aromatic heterocycles. The molecule has 1 aliphatic rings. The van der Waals surface area contributed by atoms with Gasteiger partial charge in [-0.15, -0.1) is 0 Å². The Labute approximate surface area is 105 Å². The van der Waals surface area contributed by atoms with Crippen molar-refractivity contribution >= 4 is 12.1 Å². The molecular formula is C16H12O2. The molecule has 2 nitrogen and oxygen atoms in total. The molecule has 0 heterocycles. The summed E-state index contributed by atoms with van der Waals surface area (Å²) >= 11 is 0. The van der Waals surface area contributed by atoms with Crippen LogP contribution in [-0.2, 0) is 11.2 Å². The molecule has 0 radical (unpaired) electrons. The van der Waals surface area contributed by atoms with Gasteiger partial charge in [0.2, 0.25) is 0 Å². The van der Waals surface area contributed by atoms with E-state index in [1.165, 1.54) is 22.3 Å². The molecule has 0 atom stereocenters. The third kappa shape index (κ3) is 1.66. The molecule has 18 heavy (non-hydrogen) atoms. The summed E-state index contributed by atoms with van der Waals surface area (Å²) in [5.41, 5.74) is 5.56. The van der Waals surface area contributed by atoms with Gasteiger partial charge >= 0.3 is 0 Å². The van der Waals surface area contributed by atoms with Gasteiger partial charge in [-0.05, 0) is 34.7 Å². The van der Waals surface area contributed by atoms with Crippen molar-refractivity contribution < 1.29 is 9.59 Å². The van der Waals surface area contributed by atoms with Gasteiger partial charge in [0.1, 0.15) is 6.29 Å². The summed E-state index contributed by atoms with van der Waals surface area (Å²) in [6.45, 7) is 0. The fourth-order valence-electron chi connectivity index (χ4n) is 2.51. The molecule has 0 saturated carbocycles. The zero-order chi connectivity index (χ0) is 12.5. The van der Waals surface area contributed by atoms with Gasteiger partial charge in [-0.1, -0.05) is 36.4 Å². The SMILES string of the molecule is O=CCC(=O)c1ccc2c(c1)Cc1ccccc1-2. The van der Waals surface area contributed by atoms with Crippen LogP contribution in [0.2, 0.25) is 0 Å². The van der Waals surface area contributed by atoms with E-state index in [9.17, 15) is 9.59 Å². The fourth-order valence-corrected chi connectivity index (χ4v) is 2.51. The minimum absolute atomic E-state index is 0.0360. The molecule has 2 aromatic carbocycles. The van der Waals surface area contributed by atoms with Crippen molar-refractivity contribution in [3.63, 3.8) is 0 Å². The Morgan fingerprint density at radius 1 is 1.06 bits per heavy atom. The zero-order valence-electron chi connectivity index (χ0n) is 9.85. The Hall–Kier alpha value is -2.22. The average molecular weight is 236 g/mol. The van der Waals surface area contributed by atoms with Crippen molar-refractivity contribution in [1.29, 1.82) is 0 Å². The van der Waals surface area contributed by atoms with Gasteiger partial charge in [-0.3, -0.25) is 4.79 Å². The highest BCUT2D eigenvalue weighted by Crippen LogP contribution is 2.36. The second-order valence-corrected chi connectivity index (χ2v) is 4.50. The molecule has 0 saturated heterocycles. The Morgan fingerprint density at radius 3 is 2.67 bits per heavy atom. The van der Waals surface area contributed by atoms with E-state index in [2.05, 4.69) is 12.1 Å². The topological polar surface area (TPSA) is 34.1 Å². The summed E-state index contributed by atoms with van der Waals surface area (Å²) in [5, 5.41) is 0. The van der Waals surface area contributed by atoms with Gasteiger partial charge in [-0.25, -0.2) is 0 Å². The number of rotatable bonds is 3. The third-order valence-corrected chi connectivity index (χ3v) is 3.38. The molecule has 2 aromatic rings. The Morgan fingerprint density at radius 2 is 1.83 bits per heavy atom. The van der Waals surface area contributed by atoms with Crippen LogP contribution in [0.25, 0.3) is 11.1 Å². The monoisotopic (exact) mass is 236 g/mol. The summed E-state index contributed by atoms with van der Waals surface area (Å²) < 4.78 is 0. The molecule has 0 bridgehead atoms. The first-order chi connectivity index (χ1) is 8.79. The maximum absolute atomic E-state index is 11.7. The van der Waals surface area contributed by atoms with Crippen LogP contribution >= 0.6 is 0 Å². The van der Waals surface area contributed by atoms with Gasteiger partial charge in [0.25, 0.3) is 0 Å². The predicted molar refractivity (Wildman–Crippen MR) is 69.7 cm³/mol. The van der Waals surface area contributed by atoms with Crippen LogP contribution in [0, 0.1) is 0 Å². The lowest BCUT2D eigenvalue weighted by Crippen LogP contribution is -2.00. The van der Waals surface area contributed by atoms with Crippen LogP contribution in [0.5, 0.6) is 0 Å². The molecule has 0 fully saturated rings. The number of ketones is 1. The van der Waals surface area contributed by atoms with Crippen LogP contribution in [0.1, 0.15) is 27.9 Å². The van der Waals surface area contributed by atoms with Gasteiger partial charge in [0, 0.05) is 5.56 Å². The first-order valence-corrected chi connectivity index (χ1v) is 5.97. The zero-order valence-corrected chi connectivity index (χ0v) is 9.85. The Bertz CT molecular complexity index is 641. The number of fused-ring (bicyclic) bond motifs is 3. The highest BCUT2D eigenvalue weighted by molar-refractivity contribution is 6.03. The molecule has 1 aliphatic carbocycles. The minimum atomic E-state index is -0.108. The molecule has 0 aliphatic heterocycles. The summed E-state index contributed by atoms with van der Waals surface area (Å²) in [7, 11) is 0. The van der Waals surface area contributed by atoms with E-state index in [1.54, 1.807) is 0 Å². The van der Waals surface area contributed by atoms with Crippen molar-refractivity contribution in [2.45, 2.75) is 12.8 Å². The number of Topliss-reactive ketones (excluding diaryl/α,β-unsaturated/α-hetero) is 1. The van der Waals surface area contributed by atoms with Crippen LogP contribution in [0.3, 0.4) is 0 Å². The second kappa shape index (κ2) is 4.22. The Kier molecular flexibility index (Phi) is 2.56. The van der Waals surface area contributed by atoms with E-state index >= 15 is 0 Å². The summed E-state index contributed by atoms with van der Waals surface area (Å²) in [4.78, 5) is 22.1. The number of benzene rings is 2. The fraction of sp³-hybridized carbons (Fsp3) is 0.125. The standard InChI is InChI=1S/C16H12O2/c17-8-7-16(18)12-5-6-15-13(10-12)9-11-3-1-2-4-14(11)15/h1-6,8,10H,7,9H2. The van der Waals surface area contributed by atoms with E-state index in [-0.39, 0.29) is 12.2 Å². The summed E-state index contributed by atoms with van der Waals surface area (Å²) in [6.07, 6.45) is 1.49. The van der Waals surface area contributed by atoms with Crippen LogP contribution in [-0.4, -0.2) is 12.1 Å². The maximum Gasteiger partial charge on any atom is 0.169 e. The van der Waals surface area contributed by atoms with Gasteiger partial charge in [0.15, 0.2) is 5.78 Å². The molecule has 88 valence electrons. The van der Waals surface area contributed by atoms with Gasteiger partial charge < -0.3 is 4.79 Å². The van der Waals surface area contributed by atoms with Crippen LogP contribution < -0.4 is 0 Å². The lowest BCUT2D eigenvalue weighted by molar-refractivity contribution is -0.107. The number of hydrogen-bond acceptors (Lipinski definition) is 2. The quantitative estimate of drug-likeness (QED) is 0.398. The van der Waals surface area contributed by atoms with Crippen molar-refractivity contribution in [3.8, 4) is 11.1 Å². The average Bonchev–Trinajstić information content (AvgIpc) is 2.76. The number of carbonyl (C=O) groups excluding carboxylic acids is 2. The normalized spacial score (nSPS) is 11.8. The second-order valence-electron chi connectivity index (χ2n) is 4.50. The molecular weight excluding hydrogens is 224 g/mol. The smallest absolute Gasteiger partial charge is 0.169 e. The number of hydrogen-bond donors (Lipinski definition) is 0. The lowest BCUT2D eigenvalue weighted by atomic mass is 10.0. The highest BCUT2D eigenvalue weighted by atomic mass is 16.1. The molecule has 0 amide bonds. The molecule has 0 unspecified atom stereocenters. The first kappa shape index (κ1) is 10.9.